The summed E-state index contributed by atoms with van der Waals surface area (Å²) in [5, 5.41) is 6.98. The molecule has 0 aliphatic carbocycles. The predicted octanol–water partition coefficient (Wildman–Crippen LogP) is 5.02. The molecular weight excluding hydrogens is 481 g/mol. The standard InChI is InChI=1S/C24H17F3N4O3S/c1-34-17-4-2-3-5-18(17)35(32,33)12-13-6-9-16(25)19(20(13)26)14-7-8-15-22(21(14)27)30-31-23(15)24-28-10-11-29-24/h2-11H,12H2,1H3,(H,28,29)(H,30,31). The van der Waals surface area contributed by atoms with E-state index in [0.29, 0.717) is 16.9 Å². The first-order valence-corrected chi connectivity index (χ1v) is 12.0. The number of sulfone groups is 1. The Morgan fingerprint density at radius 3 is 2.54 bits per heavy atom. The van der Waals surface area contributed by atoms with E-state index in [1.54, 1.807) is 12.3 Å². The normalized spacial score (nSPS) is 11.8. The van der Waals surface area contributed by atoms with Crippen LogP contribution >= 0.6 is 0 Å². The van der Waals surface area contributed by atoms with Crippen molar-refractivity contribution in [2.24, 2.45) is 0 Å². The topological polar surface area (TPSA) is 101 Å². The fraction of sp³-hybridized carbons (Fsp3) is 0.0833. The first-order valence-electron chi connectivity index (χ1n) is 10.3. The summed E-state index contributed by atoms with van der Waals surface area (Å²) in [4.78, 5) is 6.83. The highest BCUT2D eigenvalue weighted by Crippen LogP contribution is 2.36. The maximum Gasteiger partial charge on any atom is 0.186 e. The number of aromatic amines is 2. The highest BCUT2D eigenvalue weighted by molar-refractivity contribution is 7.90. The summed E-state index contributed by atoms with van der Waals surface area (Å²) < 4.78 is 76.8. The number of hydrogen-bond donors (Lipinski definition) is 2. The molecule has 0 aliphatic heterocycles. The van der Waals surface area contributed by atoms with Crippen molar-refractivity contribution in [3.8, 4) is 28.4 Å². The molecule has 5 rings (SSSR count). The van der Waals surface area contributed by atoms with Gasteiger partial charge in [0, 0.05) is 28.9 Å². The number of halogens is 3. The van der Waals surface area contributed by atoms with Crippen LogP contribution in [0.15, 0.2) is 65.8 Å². The minimum atomic E-state index is -4.07. The van der Waals surface area contributed by atoms with Crippen LogP contribution in [0.3, 0.4) is 0 Å². The molecule has 0 bridgehead atoms. The van der Waals surface area contributed by atoms with Gasteiger partial charge in [-0.2, -0.15) is 5.10 Å². The SMILES string of the molecule is COc1ccccc1S(=O)(=O)Cc1ccc(F)c(-c2ccc3c(-c4ncc[nH]4)[nH]nc3c2F)c1F. The first kappa shape index (κ1) is 22.7. The fourth-order valence-electron chi connectivity index (χ4n) is 3.94. The van der Waals surface area contributed by atoms with Gasteiger partial charge in [0.25, 0.3) is 0 Å². The van der Waals surface area contributed by atoms with E-state index in [2.05, 4.69) is 20.2 Å². The molecule has 5 aromatic rings. The lowest BCUT2D eigenvalue weighted by Crippen LogP contribution is -2.09. The van der Waals surface area contributed by atoms with Crippen LogP contribution in [0.25, 0.3) is 33.5 Å². The molecule has 7 nitrogen and oxygen atoms in total. The van der Waals surface area contributed by atoms with E-state index in [9.17, 15) is 12.8 Å². The third kappa shape index (κ3) is 3.83. The van der Waals surface area contributed by atoms with Crippen molar-refractivity contribution in [1.82, 2.24) is 20.2 Å². The molecule has 2 heterocycles. The molecule has 0 spiro atoms. The van der Waals surface area contributed by atoms with Gasteiger partial charge in [0.2, 0.25) is 0 Å². The van der Waals surface area contributed by atoms with Crippen LogP contribution in [0.2, 0.25) is 0 Å². The molecule has 0 saturated heterocycles. The van der Waals surface area contributed by atoms with Gasteiger partial charge < -0.3 is 9.72 Å². The first-order chi connectivity index (χ1) is 16.8. The second-order valence-electron chi connectivity index (χ2n) is 7.67. The smallest absolute Gasteiger partial charge is 0.186 e. The Hall–Kier alpha value is -4.12. The van der Waals surface area contributed by atoms with Gasteiger partial charge in [-0.05, 0) is 24.3 Å². The lowest BCUT2D eigenvalue weighted by atomic mass is 9.99. The zero-order valence-corrected chi connectivity index (χ0v) is 19.0. The second kappa shape index (κ2) is 8.58. The lowest BCUT2D eigenvalue weighted by molar-refractivity contribution is 0.402. The molecule has 11 heteroatoms. The van der Waals surface area contributed by atoms with E-state index in [0.717, 1.165) is 12.1 Å². The summed E-state index contributed by atoms with van der Waals surface area (Å²) in [5.74, 6) is -3.44. The molecule has 0 amide bonds. The van der Waals surface area contributed by atoms with E-state index in [1.165, 1.54) is 43.6 Å². The van der Waals surface area contributed by atoms with Gasteiger partial charge in [0.1, 0.15) is 33.5 Å². The number of hydrogen-bond acceptors (Lipinski definition) is 5. The average Bonchev–Trinajstić information content (AvgIpc) is 3.52. The summed E-state index contributed by atoms with van der Waals surface area (Å²) in [7, 11) is -2.75. The van der Waals surface area contributed by atoms with Crippen molar-refractivity contribution in [3.05, 3.63) is 83.9 Å². The van der Waals surface area contributed by atoms with Crippen LogP contribution in [-0.2, 0) is 15.6 Å². The summed E-state index contributed by atoms with van der Waals surface area (Å²) in [5.41, 5.74) is -1.11. The van der Waals surface area contributed by atoms with E-state index >= 15 is 8.78 Å². The van der Waals surface area contributed by atoms with Crippen LogP contribution in [0.5, 0.6) is 5.75 Å². The number of benzene rings is 3. The second-order valence-corrected chi connectivity index (χ2v) is 9.62. The quantitative estimate of drug-likeness (QED) is 0.342. The van der Waals surface area contributed by atoms with E-state index in [-0.39, 0.29) is 27.3 Å². The zero-order chi connectivity index (χ0) is 24.7. The number of nitrogens with zero attached hydrogens (tertiary/aromatic N) is 2. The van der Waals surface area contributed by atoms with Gasteiger partial charge in [0.05, 0.1) is 18.4 Å². The van der Waals surface area contributed by atoms with E-state index in [1.807, 2.05) is 0 Å². The molecule has 0 saturated carbocycles. The van der Waals surface area contributed by atoms with Crippen molar-refractivity contribution in [3.63, 3.8) is 0 Å². The average molecular weight is 498 g/mol. The van der Waals surface area contributed by atoms with Gasteiger partial charge in [-0.15, -0.1) is 0 Å². The van der Waals surface area contributed by atoms with Crippen molar-refractivity contribution >= 4 is 20.7 Å². The molecule has 0 aliphatic rings. The highest BCUT2D eigenvalue weighted by atomic mass is 32.2. The largest absolute Gasteiger partial charge is 0.495 e. The number of para-hydroxylation sites is 1. The zero-order valence-electron chi connectivity index (χ0n) is 18.1. The third-order valence-corrected chi connectivity index (χ3v) is 7.29. The fourth-order valence-corrected chi connectivity index (χ4v) is 5.47. The van der Waals surface area contributed by atoms with Crippen molar-refractivity contribution in [2.75, 3.05) is 7.11 Å². The van der Waals surface area contributed by atoms with Gasteiger partial charge in [-0.25, -0.2) is 26.6 Å². The molecule has 3 aromatic carbocycles. The highest BCUT2D eigenvalue weighted by Gasteiger charge is 2.26. The van der Waals surface area contributed by atoms with Gasteiger partial charge >= 0.3 is 0 Å². The van der Waals surface area contributed by atoms with Crippen LogP contribution in [0.1, 0.15) is 5.56 Å². The molecule has 0 unspecified atom stereocenters. The number of imidazole rings is 1. The Labute approximate surface area is 197 Å². The molecule has 35 heavy (non-hydrogen) atoms. The van der Waals surface area contributed by atoms with Crippen molar-refractivity contribution < 1.29 is 26.3 Å². The minimum absolute atomic E-state index is 0.0950. The number of rotatable bonds is 6. The maximum absolute atomic E-state index is 15.5. The number of fused-ring (bicyclic) bond motifs is 1. The number of aromatic nitrogens is 4. The van der Waals surface area contributed by atoms with Crippen molar-refractivity contribution in [2.45, 2.75) is 10.6 Å². The van der Waals surface area contributed by atoms with Gasteiger partial charge in [-0.3, -0.25) is 5.10 Å². The van der Waals surface area contributed by atoms with Crippen LogP contribution in [-0.4, -0.2) is 35.7 Å². The predicted molar refractivity (Wildman–Crippen MR) is 123 cm³/mol. The Morgan fingerprint density at radius 2 is 1.80 bits per heavy atom. The Kier molecular flexibility index (Phi) is 5.56. The summed E-state index contributed by atoms with van der Waals surface area (Å²) in [6, 6.07) is 10.5. The Bertz CT molecular complexity index is 1670. The number of H-pyrrole nitrogens is 2. The van der Waals surface area contributed by atoms with E-state index < -0.39 is 38.6 Å². The maximum atomic E-state index is 15.5. The Balaban J connectivity index is 1.60. The third-order valence-electron chi connectivity index (χ3n) is 5.59. The molecular formula is C24H17F3N4O3S. The monoisotopic (exact) mass is 498 g/mol. The van der Waals surface area contributed by atoms with Crippen LogP contribution in [0, 0.1) is 17.5 Å². The molecule has 2 N–H and O–H groups in total. The van der Waals surface area contributed by atoms with E-state index in [4.69, 9.17) is 4.74 Å². The number of methoxy groups -OCH3 is 1. The van der Waals surface area contributed by atoms with Crippen LogP contribution < -0.4 is 4.74 Å². The summed E-state index contributed by atoms with van der Waals surface area (Å²) in [6.45, 7) is 0. The molecule has 178 valence electrons. The van der Waals surface area contributed by atoms with Crippen molar-refractivity contribution in [1.29, 1.82) is 0 Å². The van der Waals surface area contributed by atoms with Gasteiger partial charge in [0.15, 0.2) is 21.5 Å². The molecule has 2 aromatic heterocycles. The number of ether oxygens (including phenoxy) is 1. The molecule has 0 fully saturated rings. The summed E-state index contributed by atoms with van der Waals surface area (Å²) >= 11 is 0. The lowest BCUT2D eigenvalue weighted by Gasteiger charge is -2.13. The molecule has 0 radical (unpaired) electrons. The van der Waals surface area contributed by atoms with Crippen LogP contribution in [0.4, 0.5) is 13.2 Å². The Morgan fingerprint density at radius 1 is 1.00 bits per heavy atom. The minimum Gasteiger partial charge on any atom is -0.495 e. The number of nitrogens with one attached hydrogen (secondary N) is 2. The molecule has 0 atom stereocenters. The van der Waals surface area contributed by atoms with Gasteiger partial charge in [-0.1, -0.05) is 24.3 Å². The summed E-state index contributed by atoms with van der Waals surface area (Å²) in [6.07, 6.45) is 3.10.